The van der Waals surface area contributed by atoms with Crippen LogP contribution in [0.2, 0.25) is 0 Å². The van der Waals surface area contributed by atoms with Crippen molar-refractivity contribution in [3.63, 3.8) is 0 Å². The summed E-state index contributed by atoms with van der Waals surface area (Å²) >= 11 is 0. The van der Waals surface area contributed by atoms with E-state index in [0.717, 1.165) is 11.1 Å². The lowest BCUT2D eigenvalue weighted by molar-refractivity contribution is -0.201. The quantitative estimate of drug-likeness (QED) is 0.617. The molecule has 2 aromatic heterocycles. The largest absolute Gasteiger partial charge is 0.416 e. The number of aliphatic hydroxyl groups excluding tert-OH is 1. The van der Waals surface area contributed by atoms with Crippen LogP contribution in [0.3, 0.4) is 0 Å². The van der Waals surface area contributed by atoms with Gasteiger partial charge in [0.1, 0.15) is 5.52 Å². The number of halogens is 3. The minimum absolute atomic E-state index is 0.00499. The summed E-state index contributed by atoms with van der Waals surface area (Å²) in [5.74, 6) is -0.552. The summed E-state index contributed by atoms with van der Waals surface area (Å²) in [5.41, 5.74) is 2.65. The topological polar surface area (TPSA) is 99.5 Å². The molecule has 1 aromatic carbocycles. The van der Waals surface area contributed by atoms with Gasteiger partial charge >= 0.3 is 6.18 Å². The van der Waals surface area contributed by atoms with E-state index >= 15 is 0 Å². The van der Waals surface area contributed by atoms with Crippen LogP contribution in [-0.2, 0) is 0 Å². The van der Waals surface area contributed by atoms with Crippen LogP contribution < -0.4 is 10.9 Å². The van der Waals surface area contributed by atoms with Gasteiger partial charge in [-0.25, -0.2) is 4.52 Å². The predicted molar refractivity (Wildman–Crippen MR) is 99.9 cm³/mol. The highest BCUT2D eigenvalue weighted by Crippen LogP contribution is 2.21. The van der Waals surface area contributed by atoms with Gasteiger partial charge in [0.25, 0.3) is 11.5 Å². The van der Waals surface area contributed by atoms with E-state index in [2.05, 4.69) is 10.1 Å². The Morgan fingerprint density at radius 2 is 1.97 bits per heavy atom. The molecule has 1 atom stereocenters. The third kappa shape index (κ3) is 4.02. The number of benzene rings is 1. The zero-order valence-corrected chi connectivity index (χ0v) is 15.9. The van der Waals surface area contributed by atoms with Crippen LogP contribution in [0.5, 0.6) is 0 Å². The number of carbonyl (C=O) groups excluding carboxylic acids is 1. The Bertz CT molecular complexity index is 1150. The van der Waals surface area contributed by atoms with Gasteiger partial charge in [0.05, 0.1) is 12.1 Å². The van der Waals surface area contributed by atoms with Crippen molar-refractivity contribution < 1.29 is 23.1 Å². The van der Waals surface area contributed by atoms with Gasteiger partial charge in [0, 0.05) is 11.8 Å². The summed E-state index contributed by atoms with van der Waals surface area (Å²) < 4.78 is 38.4. The number of hydrogen-bond donors (Lipinski definition) is 3. The molecule has 0 aliphatic heterocycles. The van der Waals surface area contributed by atoms with E-state index in [-0.39, 0.29) is 16.6 Å². The van der Waals surface area contributed by atoms with Crippen molar-refractivity contribution in [2.45, 2.75) is 33.1 Å². The molecule has 7 nitrogen and oxygen atoms in total. The first-order valence-corrected chi connectivity index (χ1v) is 8.72. The number of hydrogen-bond acceptors (Lipinski definition) is 4. The molecule has 3 aromatic rings. The number of nitrogens with zero attached hydrogens (tertiary/aromatic N) is 2. The van der Waals surface area contributed by atoms with Crippen molar-refractivity contribution in [3.05, 3.63) is 57.0 Å². The van der Waals surface area contributed by atoms with E-state index in [1.54, 1.807) is 6.07 Å². The molecule has 0 aliphatic carbocycles. The number of nitrogens with one attached hydrogen (secondary N) is 2. The number of alkyl halides is 3. The SMILES string of the molecule is Cc1ccc(-c2nn3cc(C(=O)NCC(O)C(F)(F)F)c(C)c3c(=O)[nH]2)cc1C. The Labute approximate surface area is 163 Å². The van der Waals surface area contributed by atoms with Crippen molar-refractivity contribution >= 4 is 11.4 Å². The van der Waals surface area contributed by atoms with Crippen LogP contribution in [0, 0.1) is 20.8 Å². The van der Waals surface area contributed by atoms with Crippen LogP contribution >= 0.6 is 0 Å². The van der Waals surface area contributed by atoms with Gasteiger partial charge in [-0.3, -0.25) is 9.59 Å². The molecule has 0 saturated heterocycles. The Hall–Kier alpha value is -3.14. The van der Waals surface area contributed by atoms with Gasteiger partial charge in [-0.1, -0.05) is 12.1 Å². The minimum atomic E-state index is -4.84. The van der Waals surface area contributed by atoms with Crippen molar-refractivity contribution in [1.82, 2.24) is 19.9 Å². The smallest absolute Gasteiger partial charge is 0.382 e. The van der Waals surface area contributed by atoms with E-state index in [4.69, 9.17) is 5.11 Å². The number of aromatic nitrogens is 3. The summed E-state index contributed by atoms with van der Waals surface area (Å²) in [4.78, 5) is 27.5. The Kier molecular flexibility index (Phi) is 5.22. The zero-order valence-electron chi connectivity index (χ0n) is 15.9. The number of carbonyl (C=O) groups is 1. The highest BCUT2D eigenvalue weighted by atomic mass is 19.4. The van der Waals surface area contributed by atoms with E-state index in [9.17, 15) is 22.8 Å². The van der Waals surface area contributed by atoms with Gasteiger partial charge in [-0.05, 0) is 43.5 Å². The molecule has 0 saturated carbocycles. The summed E-state index contributed by atoms with van der Waals surface area (Å²) in [6, 6.07) is 5.55. The van der Waals surface area contributed by atoms with Crippen LogP contribution in [0.15, 0.2) is 29.2 Å². The molecule has 0 aliphatic rings. The average molecular weight is 408 g/mol. The molecule has 10 heteroatoms. The van der Waals surface area contributed by atoms with Gasteiger partial charge in [0.2, 0.25) is 0 Å². The fraction of sp³-hybridized carbons (Fsp3) is 0.316. The molecular formula is C19H19F3N4O3. The van der Waals surface area contributed by atoms with Crippen LogP contribution in [0.25, 0.3) is 16.9 Å². The molecular weight excluding hydrogens is 389 g/mol. The van der Waals surface area contributed by atoms with E-state index in [1.165, 1.54) is 17.6 Å². The van der Waals surface area contributed by atoms with Crippen molar-refractivity contribution in [2.24, 2.45) is 0 Å². The summed E-state index contributed by atoms with van der Waals surface area (Å²) in [6.45, 7) is 4.38. The standard InChI is InChI=1S/C19H19F3N4O3/c1-9-4-5-12(6-10(9)2)16-24-18(29)15-11(3)13(8-26(15)25-16)17(28)23-7-14(27)19(20,21)22/h4-6,8,14,27H,7H2,1-3H3,(H,23,28)(H,24,25,29). The molecule has 0 spiro atoms. The zero-order chi connectivity index (χ0) is 21.5. The summed E-state index contributed by atoms with van der Waals surface area (Å²) in [7, 11) is 0. The van der Waals surface area contributed by atoms with Gasteiger partial charge in [-0.2, -0.15) is 13.2 Å². The summed E-state index contributed by atoms with van der Waals surface area (Å²) in [5, 5.41) is 15.4. The maximum Gasteiger partial charge on any atom is 0.416 e. The van der Waals surface area contributed by atoms with E-state index < -0.39 is 30.3 Å². The highest BCUT2D eigenvalue weighted by Gasteiger charge is 2.38. The van der Waals surface area contributed by atoms with Gasteiger partial charge in [0.15, 0.2) is 11.9 Å². The number of rotatable bonds is 4. The number of aliphatic hydroxyl groups is 1. The molecule has 29 heavy (non-hydrogen) atoms. The average Bonchev–Trinajstić information content (AvgIpc) is 2.98. The van der Waals surface area contributed by atoms with Crippen molar-refractivity contribution in [3.8, 4) is 11.4 Å². The molecule has 1 amide bonds. The third-order valence-electron chi connectivity index (χ3n) is 4.75. The highest BCUT2D eigenvalue weighted by molar-refractivity contribution is 5.97. The van der Waals surface area contributed by atoms with Gasteiger partial charge < -0.3 is 15.4 Å². The van der Waals surface area contributed by atoms with Gasteiger partial charge in [-0.15, -0.1) is 5.10 Å². The fourth-order valence-corrected chi connectivity index (χ4v) is 2.88. The maximum atomic E-state index is 12.5. The first-order chi connectivity index (χ1) is 13.5. The molecule has 3 N–H and O–H groups in total. The molecule has 0 fully saturated rings. The Morgan fingerprint density at radius 1 is 1.28 bits per heavy atom. The van der Waals surface area contributed by atoms with Crippen LogP contribution in [-0.4, -0.2) is 44.4 Å². The van der Waals surface area contributed by atoms with Crippen molar-refractivity contribution in [2.75, 3.05) is 6.54 Å². The first kappa shape index (κ1) is 20.6. The lowest BCUT2D eigenvalue weighted by Crippen LogP contribution is -2.40. The van der Waals surface area contributed by atoms with E-state index in [1.807, 2.05) is 31.3 Å². The predicted octanol–water partition coefficient (Wildman–Crippen LogP) is 2.27. The molecule has 3 rings (SSSR count). The molecule has 154 valence electrons. The summed E-state index contributed by atoms with van der Waals surface area (Å²) in [6.07, 6.45) is -6.24. The van der Waals surface area contributed by atoms with Crippen LogP contribution in [0.4, 0.5) is 13.2 Å². The second-order valence-corrected chi connectivity index (χ2v) is 6.83. The minimum Gasteiger partial charge on any atom is -0.382 e. The lowest BCUT2D eigenvalue weighted by Gasteiger charge is -2.14. The molecule has 2 heterocycles. The Balaban J connectivity index is 1.96. The molecule has 0 radical (unpaired) electrons. The third-order valence-corrected chi connectivity index (χ3v) is 4.75. The second kappa shape index (κ2) is 7.36. The first-order valence-electron chi connectivity index (χ1n) is 8.72. The van der Waals surface area contributed by atoms with E-state index in [0.29, 0.717) is 11.4 Å². The second-order valence-electron chi connectivity index (χ2n) is 6.83. The lowest BCUT2D eigenvalue weighted by atomic mass is 10.1. The number of aromatic amines is 1. The number of fused-ring (bicyclic) bond motifs is 1. The molecule has 1 unspecified atom stereocenters. The molecule has 0 bridgehead atoms. The maximum absolute atomic E-state index is 12.5. The van der Waals surface area contributed by atoms with Crippen molar-refractivity contribution in [1.29, 1.82) is 0 Å². The number of amides is 1. The normalized spacial score (nSPS) is 12.9. The Morgan fingerprint density at radius 3 is 2.59 bits per heavy atom. The van der Waals surface area contributed by atoms with Crippen LogP contribution in [0.1, 0.15) is 27.0 Å². The number of aryl methyl sites for hydroxylation is 3. The number of H-pyrrole nitrogens is 1. The monoisotopic (exact) mass is 408 g/mol. The fourth-order valence-electron chi connectivity index (χ4n) is 2.88.